The number of amides is 1. The van der Waals surface area contributed by atoms with Crippen molar-refractivity contribution in [1.82, 2.24) is 5.32 Å². The Balaban J connectivity index is 1.66. The maximum Gasteiger partial charge on any atom is 0.244 e. The molecule has 1 atom stereocenters. The van der Waals surface area contributed by atoms with Crippen LogP contribution in [0.2, 0.25) is 0 Å². The van der Waals surface area contributed by atoms with Crippen LogP contribution in [0.4, 0.5) is 8.78 Å². The van der Waals surface area contributed by atoms with Crippen molar-refractivity contribution in [1.29, 1.82) is 0 Å². The standard InChI is InChI=1S/C19H17F2NO2/c1-12(14-5-7-17-15(11-14)9-10-24-17)22-18(23)8-6-13-3-2-4-16(20)19(13)21/h2-8,11-12H,9-10H2,1H3,(H,22,23)/b8-6+. The van der Waals surface area contributed by atoms with Crippen LogP contribution in [0.25, 0.3) is 6.08 Å². The number of carbonyl (C=O) groups is 1. The van der Waals surface area contributed by atoms with Crippen molar-refractivity contribution in [2.75, 3.05) is 6.61 Å². The first-order valence-corrected chi connectivity index (χ1v) is 7.73. The average Bonchev–Trinajstić information content (AvgIpc) is 3.03. The molecule has 0 bridgehead atoms. The van der Waals surface area contributed by atoms with Gasteiger partial charge in [0.2, 0.25) is 5.91 Å². The zero-order chi connectivity index (χ0) is 17.1. The Bertz CT molecular complexity index is 802. The molecule has 0 radical (unpaired) electrons. The molecule has 1 amide bonds. The number of fused-ring (bicyclic) bond motifs is 1. The van der Waals surface area contributed by atoms with Crippen molar-refractivity contribution < 1.29 is 18.3 Å². The SMILES string of the molecule is CC(NC(=O)/C=C/c1cccc(F)c1F)c1ccc2c(c1)CCO2. The number of ether oxygens (including phenoxy) is 1. The van der Waals surface area contributed by atoms with E-state index in [2.05, 4.69) is 5.32 Å². The number of halogens is 2. The molecule has 1 unspecified atom stereocenters. The highest BCUT2D eigenvalue weighted by atomic mass is 19.2. The Kier molecular flexibility index (Phi) is 4.60. The quantitative estimate of drug-likeness (QED) is 0.867. The lowest BCUT2D eigenvalue weighted by Crippen LogP contribution is -2.24. The molecule has 124 valence electrons. The van der Waals surface area contributed by atoms with Crippen LogP contribution in [0.15, 0.2) is 42.5 Å². The van der Waals surface area contributed by atoms with Crippen LogP contribution in [0.5, 0.6) is 5.75 Å². The normalized spacial score (nSPS) is 14.3. The average molecular weight is 329 g/mol. The van der Waals surface area contributed by atoms with Gasteiger partial charge in [0.15, 0.2) is 11.6 Å². The summed E-state index contributed by atoms with van der Waals surface area (Å²) in [6.07, 6.45) is 3.32. The third kappa shape index (κ3) is 3.45. The summed E-state index contributed by atoms with van der Waals surface area (Å²) >= 11 is 0. The van der Waals surface area contributed by atoms with Crippen LogP contribution >= 0.6 is 0 Å². The number of benzene rings is 2. The Morgan fingerprint density at radius 1 is 1.29 bits per heavy atom. The molecule has 2 aromatic carbocycles. The predicted octanol–water partition coefficient (Wildman–Crippen LogP) is 3.79. The second-order valence-electron chi connectivity index (χ2n) is 5.67. The topological polar surface area (TPSA) is 38.3 Å². The van der Waals surface area contributed by atoms with Gasteiger partial charge in [-0.3, -0.25) is 4.79 Å². The summed E-state index contributed by atoms with van der Waals surface area (Å²) in [5, 5.41) is 2.81. The molecule has 24 heavy (non-hydrogen) atoms. The summed E-state index contributed by atoms with van der Waals surface area (Å²) in [4.78, 5) is 12.0. The van der Waals surface area contributed by atoms with Gasteiger partial charge >= 0.3 is 0 Å². The van der Waals surface area contributed by atoms with Crippen molar-refractivity contribution in [2.24, 2.45) is 0 Å². The zero-order valence-electron chi connectivity index (χ0n) is 13.2. The second kappa shape index (κ2) is 6.83. The molecular weight excluding hydrogens is 312 g/mol. The highest BCUT2D eigenvalue weighted by Gasteiger charge is 2.15. The number of hydrogen-bond donors (Lipinski definition) is 1. The van der Waals surface area contributed by atoms with E-state index in [1.165, 1.54) is 24.3 Å². The lowest BCUT2D eigenvalue weighted by molar-refractivity contribution is -0.117. The molecule has 3 rings (SSSR count). The minimum Gasteiger partial charge on any atom is -0.493 e. The van der Waals surface area contributed by atoms with E-state index in [9.17, 15) is 13.6 Å². The van der Waals surface area contributed by atoms with Crippen LogP contribution in [0.1, 0.15) is 29.7 Å². The van der Waals surface area contributed by atoms with E-state index >= 15 is 0 Å². The molecule has 0 aromatic heterocycles. The van der Waals surface area contributed by atoms with Crippen molar-refractivity contribution in [3.8, 4) is 5.75 Å². The van der Waals surface area contributed by atoms with Crippen LogP contribution < -0.4 is 10.1 Å². The first-order valence-electron chi connectivity index (χ1n) is 7.73. The van der Waals surface area contributed by atoms with Crippen molar-refractivity contribution in [3.05, 3.63) is 70.8 Å². The number of nitrogens with one attached hydrogen (secondary N) is 1. The highest BCUT2D eigenvalue weighted by molar-refractivity contribution is 5.92. The van der Waals surface area contributed by atoms with E-state index in [-0.39, 0.29) is 17.5 Å². The summed E-state index contributed by atoms with van der Waals surface area (Å²) in [6.45, 7) is 2.55. The fourth-order valence-corrected chi connectivity index (χ4v) is 2.64. The van der Waals surface area contributed by atoms with Crippen LogP contribution in [0.3, 0.4) is 0 Å². The number of hydrogen-bond acceptors (Lipinski definition) is 2. The summed E-state index contributed by atoms with van der Waals surface area (Å²) in [6, 6.07) is 9.46. The van der Waals surface area contributed by atoms with E-state index < -0.39 is 11.6 Å². The predicted molar refractivity (Wildman–Crippen MR) is 87.6 cm³/mol. The van der Waals surface area contributed by atoms with Crippen LogP contribution in [-0.4, -0.2) is 12.5 Å². The van der Waals surface area contributed by atoms with Gasteiger partial charge in [0.25, 0.3) is 0 Å². The number of rotatable bonds is 4. The van der Waals surface area contributed by atoms with Gasteiger partial charge in [0.1, 0.15) is 5.75 Å². The van der Waals surface area contributed by atoms with E-state index in [4.69, 9.17) is 4.74 Å². The third-order valence-electron chi connectivity index (χ3n) is 3.97. The highest BCUT2D eigenvalue weighted by Crippen LogP contribution is 2.28. The smallest absolute Gasteiger partial charge is 0.244 e. The van der Waals surface area contributed by atoms with Crippen molar-refractivity contribution in [3.63, 3.8) is 0 Å². The molecular formula is C19H17F2NO2. The van der Waals surface area contributed by atoms with Gasteiger partial charge in [-0.1, -0.05) is 18.2 Å². The lowest BCUT2D eigenvalue weighted by Gasteiger charge is -2.14. The largest absolute Gasteiger partial charge is 0.493 e. The van der Waals surface area contributed by atoms with E-state index in [0.717, 1.165) is 29.4 Å². The van der Waals surface area contributed by atoms with Crippen LogP contribution in [-0.2, 0) is 11.2 Å². The fourth-order valence-electron chi connectivity index (χ4n) is 2.64. The molecule has 0 fully saturated rings. The summed E-state index contributed by atoms with van der Waals surface area (Å²) in [5.74, 6) is -1.39. The molecule has 0 saturated heterocycles. The van der Waals surface area contributed by atoms with Gasteiger partial charge in [-0.05, 0) is 42.3 Å². The van der Waals surface area contributed by atoms with Crippen molar-refractivity contribution in [2.45, 2.75) is 19.4 Å². The van der Waals surface area contributed by atoms with E-state index in [0.29, 0.717) is 6.61 Å². The Morgan fingerprint density at radius 3 is 2.96 bits per heavy atom. The maximum absolute atomic E-state index is 13.5. The minimum atomic E-state index is -0.965. The Hall–Kier alpha value is -2.69. The Morgan fingerprint density at radius 2 is 2.12 bits per heavy atom. The van der Waals surface area contributed by atoms with Crippen molar-refractivity contribution >= 4 is 12.0 Å². The van der Waals surface area contributed by atoms with Gasteiger partial charge < -0.3 is 10.1 Å². The molecule has 2 aromatic rings. The van der Waals surface area contributed by atoms with E-state index in [1.54, 1.807) is 0 Å². The van der Waals surface area contributed by atoms with Gasteiger partial charge in [-0.15, -0.1) is 0 Å². The molecule has 0 saturated carbocycles. The molecule has 1 heterocycles. The Labute approximate surface area is 139 Å². The molecule has 1 N–H and O–H groups in total. The molecule has 1 aliphatic heterocycles. The fraction of sp³-hybridized carbons (Fsp3) is 0.211. The van der Waals surface area contributed by atoms with Gasteiger partial charge in [0.05, 0.1) is 12.6 Å². The van der Waals surface area contributed by atoms with Crippen LogP contribution in [0, 0.1) is 11.6 Å². The lowest BCUT2D eigenvalue weighted by atomic mass is 10.0. The minimum absolute atomic E-state index is 0.0347. The summed E-state index contributed by atoms with van der Waals surface area (Å²) < 4.78 is 32.1. The second-order valence-corrected chi connectivity index (χ2v) is 5.67. The van der Waals surface area contributed by atoms with Gasteiger partial charge in [-0.2, -0.15) is 0 Å². The molecule has 3 nitrogen and oxygen atoms in total. The first kappa shape index (κ1) is 16.2. The summed E-state index contributed by atoms with van der Waals surface area (Å²) in [7, 11) is 0. The molecule has 1 aliphatic rings. The third-order valence-corrected chi connectivity index (χ3v) is 3.97. The maximum atomic E-state index is 13.5. The van der Waals surface area contributed by atoms with Gasteiger partial charge in [0, 0.05) is 18.1 Å². The molecule has 5 heteroatoms. The summed E-state index contributed by atoms with van der Waals surface area (Å²) in [5.41, 5.74) is 2.14. The van der Waals surface area contributed by atoms with Gasteiger partial charge in [-0.25, -0.2) is 8.78 Å². The van der Waals surface area contributed by atoms with E-state index in [1.807, 2.05) is 25.1 Å². The zero-order valence-corrected chi connectivity index (χ0v) is 13.2. The monoisotopic (exact) mass is 329 g/mol. The first-order chi connectivity index (χ1) is 11.5. The molecule has 0 aliphatic carbocycles. The number of carbonyl (C=O) groups excluding carboxylic acids is 1. The molecule has 0 spiro atoms.